The van der Waals surface area contributed by atoms with Crippen molar-refractivity contribution in [3.05, 3.63) is 0 Å². The Morgan fingerprint density at radius 1 is 1.19 bits per heavy atom. The van der Waals surface area contributed by atoms with Gasteiger partial charge in [0.25, 0.3) is 0 Å². The number of rotatable bonds is 11. The van der Waals surface area contributed by atoms with E-state index in [1.165, 1.54) is 32.4 Å². The Morgan fingerprint density at radius 3 is 2.59 bits per heavy atom. The van der Waals surface area contributed by atoms with Gasteiger partial charge in [0.05, 0.1) is 6.54 Å². The highest BCUT2D eigenvalue weighted by molar-refractivity contribution is 14.0. The predicted octanol–water partition coefficient (Wildman–Crippen LogP) is 2.87. The van der Waals surface area contributed by atoms with E-state index in [1.807, 2.05) is 0 Å². The van der Waals surface area contributed by atoms with Crippen molar-refractivity contribution >= 4 is 29.9 Å². The molecule has 0 amide bonds. The third kappa shape index (κ3) is 10.3. The SMILES string of the molecule is CCNC(=NCC(CC)N1CCCC1)NCCCOCC1CCOCC1.I. The van der Waals surface area contributed by atoms with Crippen molar-refractivity contribution in [3.63, 3.8) is 0 Å². The number of nitrogens with zero attached hydrogens (tertiary/aromatic N) is 2. The molecule has 2 saturated heterocycles. The van der Waals surface area contributed by atoms with Crippen LogP contribution in [-0.2, 0) is 9.47 Å². The third-order valence-corrected chi connectivity index (χ3v) is 5.38. The molecule has 27 heavy (non-hydrogen) atoms. The van der Waals surface area contributed by atoms with Crippen LogP contribution in [0.2, 0.25) is 0 Å². The molecule has 0 saturated carbocycles. The minimum atomic E-state index is 0. The van der Waals surface area contributed by atoms with Crippen LogP contribution in [0.3, 0.4) is 0 Å². The van der Waals surface area contributed by atoms with E-state index in [2.05, 4.69) is 29.4 Å². The standard InChI is InChI=1S/C20H40N4O2.HI/c1-3-19(24-11-5-6-12-24)16-23-20(21-4-2)22-10-7-13-26-17-18-8-14-25-15-9-18;/h18-19H,3-17H2,1-2H3,(H2,21,22,23);1H. The first kappa shape index (κ1) is 24.9. The van der Waals surface area contributed by atoms with E-state index in [4.69, 9.17) is 14.5 Å². The molecule has 0 radical (unpaired) electrons. The Balaban J connectivity index is 0.00000364. The Kier molecular flexibility index (Phi) is 14.5. The van der Waals surface area contributed by atoms with Gasteiger partial charge >= 0.3 is 0 Å². The quantitative estimate of drug-likeness (QED) is 0.200. The van der Waals surface area contributed by atoms with Gasteiger partial charge in [0, 0.05) is 45.6 Å². The van der Waals surface area contributed by atoms with Crippen LogP contribution in [-0.4, -0.2) is 76.1 Å². The van der Waals surface area contributed by atoms with Crippen molar-refractivity contribution in [2.24, 2.45) is 10.9 Å². The van der Waals surface area contributed by atoms with Crippen LogP contribution in [0.15, 0.2) is 4.99 Å². The van der Waals surface area contributed by atoms with Gasteiger partial charge in [-0.05, 0) is 64.5 Å². The summed E-state index contributed by atoms with van der Waals surface area (Å²) in [6.45, 7) is 13.0. The monoisotopic (exact) mass is 496 g/mol. The van der Waals surface area contributed by atoms with E-state index in [-0.39, 0.29) is 24.0 Å². The minimum absolute atomic E-state index is 0. The van der Waals surface area contributed by atoms with Gasteiger partial charge in [-0.3, -0.25) is 9.89 Å². The summed E-state index contributed by atoms with van der Waals surface area (Å²) in [7, 11) is 0. The average Bonchev–Trinajstić information content (AvgIpc) is 3.20. The van der Waals surface area contributed by atoms with Crippen molar-refractivity contribution in [1.29, 1.82) is 0 Å². The van der Waals surface area contributed by atoms with Gasteiger partial charge in [-0.25, -0.2) is 0 Å². The van der Waals surface area contributed by atoms with Crippen LogP contribution in [0.1, 0.15) is 52.4 Å². The van der Waals surface area contributed by atoms with E-state index < -0.39 is 0 Å². The normalized spacial score (nSPS) is 20.3. The molecule has 2 aliphatic rings. The fourth-order valence-corrected chi connectivity index (χ4v) is 3.69. The zero-order valence-corrected chi connectivity index (χ0v) is 19.7. The predicted molar refractivity (Wildman–Crippen MR) is 123 cm³/mol. The average molecular weight is 496 g/mol. The molecule has 7 heteroatoms. The largest absolute Gasteiger partial charge is 0.381 e. The summed E-state index contributed by atoms with van der Waals surface area (Å²) in [6.07, 6.45) is 7.15. The van der Waals surface area contributed by atoms with Crippen LogP contribution in [0.25, 0.3) is 0 Å². The van der Waals surface area contributed by atoms with Crippen molar-refractivity contribution in [2.75, 3.05) is 59.2 Å². The number of aliphatic imine (C=N–C) groups is 1. The van der Waals surface area contributed by atoms with Crippen molar-refractivity contribution in [2.45, 2.75) is 58.4 Å². The summed E-state index contributed by atoms with van der Waals surface area (Å²) in [5, 5.41) is 6.81. The molecule has 2 aliphatic heterocycles. The lowest BCUT2D eigenvalue weighted by Crippen LogP contribution is -2.40. The van der Waals surface area contributed by atoms with Crippen molar-refractivity contribution < 1.29 is 9.47 Å². The second kappa shape index (κ2) is 15.8. The maximum absolute atomic E-state index is 5.84. The maximum atomic E-state index is 5.84. The van der Waals surface area contributed by atoms with E-state index in [1.54, 1.807) is 0 Å². The first-order valence-corrected chi connectivity index (χ1v) is 10.7. The van der Waals surface area contributed by atoms with Crippen LogP contribution >= 0.6 is 24.0 Å². The molecule has 1 atom stereocenters. The zero-order chi connectivity index (χ0) is 18.5. The molecule has 2 fully saturated rings. The molecule has 2 N–H and O–H groups in total. The van der Waals surface area contributed by atoms with Crippen molar-refractivity contribution in [3.8, 4) is 0 Å². The van der Waals surface area contributed by atoms with Gasteiger partial charge < -0.3 is 20.1 Å². The number of ether oxygens (including phenoxy) is 2. The second-order valence-corrected chi connectivity index (χ2v) is 7.44. The summed E-state index contributed by atoms with van der Waals surface area (Å²) in [5.41, 5.74) is 0. The molecule has 0 aliphatic carbocycles. The number of likely N-dealkylation sites (tertiary alicyclic amines) is 1. The topological polar surface area (TPSA) is 58.1 Å². The Bertz CT molecular complexity index is 386. The molecule has 1 unspecified atom stereocenters. The highest BCUT2D eigenvalue weighted by Crippen LogP contribution is 2.15. The highest BCUT2D eigenvalue weighted by Gasteiger charge is 2.20. The van der Waals surface area contributed by atoms with E-state index in [0.29, 0.717) is 12.0 Å². The lowest BCUT2D eigenvalue weighted by atomic mass is 10.0. The summed E-state index contributed by atoms with van der Waals surface area (Å²) in [5.74, 6) is 1.63. The molecular weight excluding hydrogens is 455 g/mol. The second-order valence-electron chi connectivity index (χ2n) is 7.44. The van der Waals surface area contributed by atoms with E-state index in [9.17, 15) is 0 Å². The fraction of sp³-hybridized carbons (Fsp3) is 0.950. The molecule has 0 aromatic carbocycles. The summed E-state index contributed by atoms with van der Waals surface area (Å²) in [6, 6.07) is 0.579. The Labute approximate surface area is 183 Å². The molecule has 0 aromatic rings. The molecule has 0 spiro atoms. The van der Waals surface area contributed by atoms with Crippen LogP contribution < -0.4 is 10.6 Å². The van der Waals surface area contributed by atoms with Crippen LogP contribution in [0, 0.1) is 5.92 Å². The van der Waals surface area contributed by atoms with Gasteiger partial charge in [0.1, 0.15) is 0 Å². The minimum Gasteiger partial charge on any atom is -0.381 e. The van der Waals surface area contributed by atoms with Crippen molar-refractivity contribution in [1.82, 2.24) is 15.5 Å². The molecule has 6 nitrogen and oxygen atoms in total. The van der Waals surface area contributed by atoms with Gasteiger partial charge in [-0.1, -0.05) is 6.92 Å². The third-order valence-electron chi connectivity index (χ3n) is 5.38. The number of nitrogens with one attached hydrogen (secondary N) is 2. The number of hydrogen-bond donors (Lipinski definition) is 2. The smallest absolute Gasteiger partial charge is 0.191 e. The number of hydrogen-bond acceptors (Lipinski definition) is 4. The molecule has 2 rings (SSSR count). The first-order chi connectivity index (χ1) is 12.8. The lowest BCUT2D eigenvalue weighted by Gasteiger charge is -2.25. The number of guanidine groups is 1. The maximum Gasteiger partial charge on any atom is 0.191 e. The van der Waals surface area contributed by atoms with Gasteiger partial charge in [-0.2, -0.15) is 0 Å². The summed E-state index contributed by atoms with van der Waals surface area (Å²) >= 11 is 0. The fourth-order valence-electron chi connectivity index (χ4n) is 3.69. The molecular formula is C20H41IN4O2. The molecule has 0 bridgehead atoms. The summed E-state index contributed by atoms with van der Waals surface area (Å²) in [4.78, 5) is 7.41. The van der Waals surface area contributed by atoms with Crippen LogP contribution in [0.4, 0.5) is 0 Å². The van der Waals surface area contributed by atoms with E-state index in [0.717, 1.165) is 71.3 Å². The molecule has 2 heterocycles. The first-order valence-electron chi connectivity index (χ1n) is 10.7. The summed E-state index contributed by atoms with van der Waals surface area (Å²) < 4.78 is 11.2. The van der Waals surface area contributed by atoms with E-state index >= 15 is 0 Å². The number of halogens is 1. The van der Waals surface area contributed by atoms with Gasteiger partial charge in [0.2, 0.25) is 0 Å². The highest BCUT2D eigenvalue weighted by atomic mass is 127. The van der Waals surface area contributed by atoms with Gasteiger partial charge in [0.15, 0.2) is 5.96 Å². The van der Waals surface area contributed by atoms with Gasteiger partial charge in [-0.15, -0.1) is 24.0 Å². The van der Waals surface area contributed by atoms with Crippen LogP contribution in [0.5, 0.6) is 0 Å². The molecule has 0 aromatic heterocycles. The zero-order valence-electron chi connectivity index (χ0n) is 17.4. The Morgan fingerprint density at radius 2 is 1.93 bits per heavy atom. The lowest BCUT2D eigenvalue weighted by molar-refractivity contribution is 0.0203. The molecule has 160 valence electrons. The Hall–Kier alpha value is -0.120.